The molecule has 7 rings (SSSR count). The summed E-state index contributed by atoms with van der Waals surface area (Å²) in [7, 11) is 2.81. The lowest BCUT2D eigenvalue weighted by molar-refractivity contribution is -0.140. The van der Waals surface area contributed by atoms with Crippen LogP contribution in [0.3, 0.4) is 0 Å². The first kappa shape index (κ1) is 81.7. The second kappa shape index (κ2) is 37.6. The van der Waals surface area contributed by atoms with Gasteiger partial charge in [-0.05, 0) is 95.8 Å². The van der Waals surface area contributed by atoms with Gasteiger partial charge in [0.15, 0.2) is 5.78 Å². The van der Waals surface area contributed by atoms with Crippen molar-refractivity contribution in [1.82, 2.24) is 45.5 Å². The number of halogens is 4. The number of hydrogen-bond donors (Lipinski definition) is 9. The first-order valence-electron chi connectivity index (χ1n) is 33.8. The quantitative estimate of drug-likeness (QED) is 0.0184. The van der Waals surface area contributed by atoms with Crippen molar-refractivity contribution in [3.63, 3.8) is 0 Å². The number of carbonyl (C=O) groups excluding carboxylic acids is 9. The van der Waals surface area contributed by atoms with Gasteiger partial charge in [0.05, 0.1) is 37.0 Å². The maximum Gasteiger partial charge on any atom is 0.248 e. The van der Waals surface area contributed by atoms with Crippen LogP contribution in [0, 0.1) is 40.0 Å². The molecule has 0 fully saturated rings. The van der Waals surface area contributed by atoms with Gasteiger partial charge in [0.25, 0.3) is 0 Å². The number of likely N-dealkylation sites (N-methyl/N-ethyl adjacent to an activating group) is 2. The molecule has 26 heteroatoms. The number of primary amides is 1. The van der Waals surface area contributed by atoms with E-state index in [1.165, 1.54) is 37.7 Å². The third-order valence-electron chi connectivity index (χ3n) is 17.3. The number of benzene rings is 5. The lowest BCUT2D eigenvalue weighted by atomic mass is 9.82. The molecule has 7 aromatic rings. The Bertz CT molecular complexity index is 4070. The zero-order valence-electron chi connectivity index (χ0n) is 59.8. The number of aromatic nitrogens is 2. The molecule has 11 N–H and O–H groups in total. The minimum atomic E-state index is -1.58. The summed E-state index contributed by atoms with van der Waals surface area (Å²) in [6.07, 6.45) is 2.40. The van der Waals surface area contributed by atoms with Crippen molar-refractivity contribution in [3.05, 3.63) is 203 Å². The predicted molar refractivity (Wildman–Crippen MR) is 382 cm³/mol. The van der Waals surface area contributed by atoms with Gasteiger partial charge in [0, 0.05) is 98.6 Å². The van der Waals surface area contributed by atoms with Gasteiger partial charge in [-0.15, -0.1) is 0 Å². The van der Waals surface area contributed by atoms with E-state index in [2.05, 4.69) is 26.6 Å². The van der Waals surface area contributed by atoms with Crippen molar-refractivity contribution < 1.29 is 70.9 Å². The van der Waals surface area contributed by atoms with Crippen LogP contribution in [0.2, 0.25) is 0 Å². The van der Waals surface area contributed by atoms with Crippen LogP contribution in [0.5, 0.6) is 0 Å². The highest BCUT2D eigenvalue weighted by Gasteiger charge is 2.40. The Balaban J connectivity index is 0.000000371. The zero-order valence-corrected chi connectivity index (χ0v) is 59.8. The van der Waals surface area contributed by atoms with Crippen LogP contribution in [0.25, 0.3) is 22.3 Å². The van der Waals surface area contributed by atoms with E-state index < -0.39 is 137 Å². The molecule has 0 aliphatic rings. The lowest BCUT2D eigenvalue weighted by Gasteiger charge is -2.41. The molecule has 0 aliphatic carbocycles. The molecule has 0 unspecified atom stereocenters. The summed E-state index contributed by atoms with van der Waals surface area (Å²) in [6.45, 7) is 13.2. The van der Waals surface area contributed by atoms with Gasteiger partial charge in [-0.2, -0.15) is 0 Å². The molecule has 552 valence electrons. The van der Waals surface area contributed by atoms with Gasteiger partial charge >= 0.3 is 0 Å². The predicted octanol–water partition coefficient (Wildman–Crippen LogP) is 7.57. The summed E-state index contributed by atoms with van der Waals surface area (Å²) >= 11 is 0. The highest BCUT2D eigenvalue weighted by molar-refractivity contribution is 5.97. The maximum atomic E-state index is 15.2. The van der Waals surface area contributed by atoms with E-state index in [9.17, 15) is 66.5 Å². The topological polar surface area (TPSA) is 323 Å². The number of hydrogen-bond acceptors (Lipinski definition) is 12. The number of amides is 8. The van der Waals surface area contributed by atoms with Gasteiger partial charge in [-0.3, -0.25) is 43.2 Å². The molecule has 22 nitrogen and oxygen atoms in total. The van der Waals surface area contributed by atoms with E-state index in [0.29, 0.717) is 29.1 Å². The molecule has 2 heterocycles. The molecule has 0 radical (unpaired) electrons. The molecular formula is C77H95F4N11O11. The Morgan fingerprint density at radius 3 is 1.34 bits per heavy atom. The molecule has 8 amide bonds. The van der Waals surface area contributed by atoms with Crippen molar-refractivity contribution in [2.45, 2.75) is 137 Å². The number of nitrogens with two attached hydrogens (primary N) is 2. The molecule has 103 heavy (non-hydrogen) atoms. The minimum absolute atomic E-state index is 0.00988. The van der Waals surface area contributed by atoms with Gasteiger partial charge in [0.2, 0.25) is 47.3 Å². The Morgan fingerprint density at radius 2 is 0.932 bits per heavy atom. The highest BCUT2D eigenvalue weighted by atomic mass is 19.1. The van der Waals surface area contributed by atoms with Crippen LogP contribution < -0.4 is 38.1 Å². The number of nitrogens with one attached hydrogen (secondary N) is 5. The van der Waals surface area contributed by atoms with Gasteiger partial charge in [0.1, 0.15) is 48.6 Å². The van der Waals surface area contributed by atoms with Crippen LogP contribution in [0.15, 0.2) is 152 Å². The number of ketones is 1. The summed E-state index contributed by atoms with van der Waals surface area (Å²) in [5, 5.41) is 32.7. The fourth-order valence-electron chi connectivity index (χ4n) is 12.2. The van der Waals surface area contributed by atoms with Crippen molar-refractivity contribution in [3.8, 4) is 22.3 Å². The lowest BCUT2D eigenvalue weighted by Crippen LogP contribution is -2.56. The largest absolute Gasteiger partial charge is 0.387 e. The van der Waals surface area contributed by atoms with E-state index in [1.54, 1.807) is 48.8 Å². The van der Waals surface area contributed by atoms with Crippen LogP contribution in [0.4, 0.5) is 17.6 Å². The van der Waals surface area contributed by atoms with E-state index in [0.717, 1.165) is 53.1 Å². The monoisotopic (exact) mass is 1430 g/mol. The Morgan fingerprint density at radius 1 is 0.515 bits per heavy atom. The smallest absolute Gasteiger partial charge is 0.248 e. The van der Waals surface area contributed by atoms with Gasteiger partial charge in [-0.25, -0.2) is 17.6 Å². The second-order valence-electron chi connectivity index (χ2n) is 27.5. The minimum Gasteiger partial charge on any atom is -0.387 e. The molecule has 5 aromatic carbocycles. The average molecular weight is 1430 g/mol. The van der Waals surface area contributed by atoms with Gasteiger partial charge < -0.3 is 67.2 Å². The summed E-state index contributed by atoms with van der Waals surface area (Å²) in [6, 6.07) is 31.5. The summed E-state index contributed by atoms with van der Waals surface area (Å²) in [5.41, 5.74) is 14.8. The van der Waals surface area contributed by atoms with Crippen LogP contribution in [0.1, 0.15) is 121 Å². The molecule has 0 bridgehead atoms. The fourth-order valence-corrected chi connectivity index (χ4v) is 12.2. The first-order valence-corrected chi connectivity index (χ1v) is 33.8. The number of aliphatic hydroxyl groups is 2. The van der Waals surface area contributed by atoms with Crippen LogP contribution in [-0.2, 0) is 62.7 Å². The number of carbonyl (C=O) groups is 9. The number of nitrogens with zero attached hydrogens (tertiary/aromatic N) is 4. The van der Waals surface area contributed by atoms with Crippen molar-refractivity contribution >= 4 is 53.0 Å². The molecule has 7 atom stereocenters. The standard InChI is InChI=1S/C48H59F2N7O8.C29H36F2N4O3/c1-29(21-40(59)30(2)53-42(61)22-31-13-9-7-10-14-31)45(63)55-38(25-41(51)60)47(65)54-37(46(64)52-6)19-20-57(43(62)28-58)44(48(3,4)5)39-23-33(35-24-34(49)17-18-36(35)50)27-56(39)26-32-15-11-8-12-16-32;1-29(2,3)27(35(26(37)18-36)13-12-24(32)28(38)33-4)25-14-20(22-15-21(30)10-11-23(22)31)17-34(25)16-19-8-6-5-7-9-19/h7-18,23-24,27,29-30,37-38,44,58H,19-22,25-26,28H2,1-6H3,(H2,51,60)(H,52,64)(H,53,61)(H,54,65)(H,55,63);5-11,14-15,17,24,27,36H,12-13,16,18,32H2,1-4H3,(H,33,38)/t29-,30+,37+,38+,44+;24-,27-/m10/s1. The Hall–Kier alpha value is -10.3. The van der Waals surface area contributed by atoms with E-state index >= 15 is 4.39 Å². The normalized spacial score (nSPS) is 13.4. The first-order chi connectivity index (χ1) is 48.7. The van der Waals surface area contributed by atoms with Gasteiger partial charge in [-0.1, -0.05) is 139 Å². The van der Waals surface area contributed by atoms with Crippen LogP contribution >= 0.6 is 0 Å². The maximum absolute atomic E-state index is 15.2. The highest BCUT2D eigenvalue weighted by Crippen LogP contribution is 2.43. The molecule has 2 aromatic heterocycles. The van der Waals surface area contributed by atoms with Crippen molar-refractivity contribution in [2.24, 2.45) is 28.2 Å². The third-order valence-corrected chi connectivity index (χ3v) is 17.3. The van der Waals surface area contributed by atoms with Crippen molar-refractivity contribution in [2.75, 3.05) is 40.4 Å². The molecular weight excluding hydrogens is 1330 g/mol. The Kier molecular flexibility index (Phi) is 29.8. The molecule has 0 saturated heterocycles. The molecule has 0 aliphatic heterocycles. The van der Waals surface area contributed by atoms with Crippen molar-refractivity contribution in [1.29, 1.82) is 0 Å². The molecule has 0 saturated carbocycles. The SMILES string of the molecule is CNC(=O)[C@@H](N)CCN(C(=O)CO)[C@@H](c1cc(-c2cc(F)ccc2F)cn1Cc1ccccc1)C(C)(C)C.CNC(=O)[C@H](CCN(C(=O)CO)[C@@H](c1cc(-c2cc(F)ccc2F)cn1Cc1ccccc1)C(C)(C)C)NC(=O)[C@H](CC(N)=O)NC(=O)[C@H](C)CC(=O)[C@H](C)NC(=O)Cc1ccccc1. The number of aliphatic hydroxyl groups excluding tert-OH is 2. The number of rotatable bonds is 32. The van der Waals surface area contributed by atoms with E-state index in [1.807, 2.05) is 117 Å². The summed E-state index contributed by atoms with van der Waals surface area (Å²) < 4.78 is 62.3. The summed E-state index contributed by atoms with van der Waals surface area (Å²) in [4.78, 5) is 120. The Labute approximate surface area is 598 Å². The number of Topliss-reactive ketones (excluding diaryl/α,β-unsaturated/α-hetero) is 1. The fraction of sp³-hybridized carbons (Fsp3) is 0.390. The average Bonchev–Trinajstić information content (AvgIpc) is 1.62. The van der Waals surface area contributed by atoms with E-state index in [-0.39, 0.29) is 68.3 Å². The second-order valence-corrected chi connectivity index (χ2v) is 27.5. The third kappa shape index (κ3) is 23.4. The summed E-state index contributed by atoms with van der Waals surface area (Å²) in [5.74, 6) is -9.31. The van der Waals surface area contributed by atoms with E-state index in [4.69, 9.17) is 11.5 Å². The molecule has 0 spiro atoms. The zero-order chi connectivity index (χ0) is 76.0. The van der Waals surface area contributed by atoms with Crippen LogP contribution in [-0.4, -0.2) is 147 Å².